The predicted octanol–water partition coefficient (Wildman–Crippen LogP) is 3.63. The molecule has 0 spiro atoms. The van der Waals surface area contributed by atoms with Crippen LogP contribution in [0, 0.1) is 0 Å². The quantitative estimate of drug-likeness (QED) is 0.631. The number of benzene rings is 2. The minimum Gasteiger partial charge on any atom is -0.508 e. The topological polar surface area (TPSA) is 33.1 Å². The number of nitrogens with zero attached hydrogens (tertiary/aromatic N) is 1. The number of aromatic hydroxyl groups is 1. The molecule has 1 heterocycles. The molecule has 0 aliphatic heterocycles. The highest BCUT2D eigenvalue weighted by Gasteiger charge is 1.86. The van der Waals surface area contributed by atoms with Crippen LogP contribution in [0.25, 0.3) is 10.9 Å². The fourth-order valence-corrected chi connectivity index (χ4v) is 1.44. The number of hydrogen-bond acceptors (Lipinski definition) is 2. The van der Waals surface area contributed by atoms with Gasteiger partial charge in [0.15, 0.2) is 0 Å². The second kappa shape index (κ2) is 5.66. The summed E-state index contributed by atoms with van der Waals surface area (Å²) in [4.78, 5) is 4.18. The second-order valence-electron chi connectivity index (χ2n) is 3.53. The molecule has 0 atom stereocenters. The summed E-state index contributed by atoms with van der Waals surface area (Å²) in [6, 6.07) is 20.8. The summed E-state index contributed by atoms with van der Waals surface area (Å²) in [5.74, 6) is 0.322. The third-order valence-corrected chi connectivity index (χ3v) is 2.27. The predicted molar refractivity (Wildman–Crippen MR) is 69.8 cm³/mol. The maximum Gasteiger partial charge on any atom is 0.115 e. The summed E-state index contributed by atoms with van der Waals surface area (Å²) in [7, 11) is 0. The maximum absolute atomic E-state index is 8.63. The van der Waals surface area contributed by atoms with Gasteiger partial charge < -0.3 is 5.11 Å². The van der Waals surface area contributed by atoms with E-state index in [1.807, 2.05) is 36.5 Å². The van der Waals surface area contributed by atoms with Crippen molar-refractivity contribution in [2.45, 2.75) is 0 Å². The van der Waals surface area contributed by atoms with Gasteiger partial charge in [0, 0.05) is 11.6 Å². The molecular formula is C15H13NO. The van der Waals surface area contributed by atoms with Crippen molar-refractivity contribution in [2.75, 3.05) is 0 Å². The number of fused-ring (bicyclic) bond motifs is 1. The van der Waals surface area contributed by atoms with Crippen LogP contribution in [-0.2, 0) is 0 Å². The lowest BCUT2D eigenvalue weighted by molar-refractivity contribution is 0.475. The Hall–Kier alpha value is -2.35. The Balaban J connectivity index is 0.000000136. The summed E-state index contributed by atoms with van der Waals surface area (Å²) >= 11 is 0. The number of aromatic nitrogens is 1. The SMILES string of the molecule is Oc1ccccc1.c1ccc2ncccc2c1. The first-order valence-electron chi connectivity index (χ1n) is 5.40. The Labute approximate surface area is 100 Å². The highest BCUT2D eigenvalue weighted by Crippen LogP contribution is 2.07. The van der Waals surface area contributed by atoms with Crippen LogP contribution in [-0.4, -0.2) is 10.1 Å². The first kappa shape index (κ1) is 11.1. The number of hydrogen-bond donors (Lipinski definition) is 1. The van der Waals surface area contributed by atoms with Crippen LogP contribution in [0.2, 0.25) is 0 Å². The number of phenolic OH excluding ortho intramolecular Hbond substituents is 1. The third-order valence-electron chi connectivity index (χ3n) is 2.27. The zero-order valence-corrected chi connectivity index (χ0v) is 9.32. The fourth-order valence-electron chi connectivity index (χ4n) is 1.44. The van der Waals surface area contributed by atoms with Crippen molar-refractivity contribution in [1.29, 1.82) is 0 Å². The molecule has 3 aromatic rings. The molecule has 0 saturated carbocycles. The van der Waals surface area contributed by atoms with E-state index in [0.717, 1.165) is 5.52 Å². The molecule has 1 aromatic heterocycles. The monoisotopic (exact) mass is 223 g/mol. The minimum atomic E-state index is 0.322. The fraction of sp³-hybridized carbons (Fsp3) is 0. The van der Waals surface area contributed by atoms with Gasteiger partial charge in [-0.3, -0.25) is 4.98 Å². The van der Waals surface area contributed by atoms with Crippen molar-refractivity contribution < 1.29 is 5.11 Å². The molecule has 0 unspecified atom stereocenters. The summed E-state index contributed by atoms with van der Waals surface area (Å²) in [6.45, 7) is 0. The van der Waals surface area contributed by atoms with Crippen LogP contribution in [0.1, 0.15) is 0 Å². The van der Waals surface area contributed by atoms with Gasteiger partial charge in [-0.05, 0) is 24.3 Å². The smallest absolute Gasteiger partial charge is 0.115 e. The van der Waals surface area contributed by atoms with E-state index in [2.05, 4.69) is 17.1 Å². The highest BCUT2D eigenvalue weighted by molar-refractivity contribution is 5.77. The number of para-hydroxylation sites is 2. The van der Waals surface area contributed by atoms with Gasteiger partial charge in [0.2, 0.25) is 0 Å². The minimum absolute atomic E-state index is 0.322. The average Bonchev–Trinajstić information content (AvgIpc) is 2.41. The Morgan fingerprint density at radius 1 is 0.706 bits per heavy atom. The molecule has 2 aromatic carbocycles. The van der Waals surface area contributed by atoms with Crippen LogP contribution >= 0.6 is 0 Å². The number of phenols is 1. The van der Waals surface area contributed by atoms with Crippen LogP contribution in [0.4, 0.5) is 0 Å². The zero-order valence-electron chi connectivity index (χ0n) is 9.32. The van der Waals surface area contributed by atoms with Crippen LogP contribution in [0.3, 0.4) is 0 Å². The van der Waals surface area contributed by atoms with Gasteiger partial charge in [-0.25, -0.2) is 0 Å². The van der Waals surface area contributed by atoms with E-state index in [4.69, 9.17) is 5.11 Å². The van der Waals surface area contributed by atoms with Crippen molar-refractivity contribution in [3.05, 3.63) is 72.9 Å². The standard InChI is InChI=1S/C9H7N.C6H6O/c1-2-6-9-8(4-1)5-3-7-10-9;7-6-4-2-1-3-5-6/h1-7H;1-5,7H. The van der Waals surface area contributed by atoms with Gasteiger partial charge in [-0.2, -0.15) is 0 Å². The van der Waals surface area contributed by atoms with E-state index in [1.165, 1.54) is 5.39 Å². The van der Waals surface area contributed by atoms with Crippen molar-refractivity contribution in [3.63, 3.8) is 0 Å². The largest absolute Gasteiger partial charge is 0.508 e. The van der Waals surface area contributed by atoms with E-state index in [-0.39, 0.29) is 0 Å². The van der Waals surface area contributed by atoms with Crippen molar-refractivity contribution in [3.8, 4) is 5.75 Å². The highest BCUT2D eigenvalue weighted by atomic mass is 16.3. The lowest BCUT2D eigenvalue weighted by Crippen LogP contribution is -1.73. The van der Waals surface area contributed by atoms with Gasteiger partial charge in [-0.1, -0.05) is 42.5 Å². The zero-order chi connectivity index (χ0) is 11.9. The number of rotatable bonds is 0. The molecule has 3 rings (SSSR count). The van der Waals surface area contributed by atoms with Crippen molar-refractivity contribution in [2.24, 2.45) is 0 Å². The Morgan fingerprint density at radius 2 is 1.35 bits per heavy atom. The van der Waals surface area contributed by atoms with Crippen LogP contribution in [0.5, 0.6) is 5.75 Å². The average molecular weight is 223 g/mol. The second-order valence-corrected chi connectivity index (χ2v) is 3.53. The summed E-state index contributed by atoms with van der Waals surface area (Å²) in [5.41, 5.74) is 1.06. The van der Waals surface area contributed by atoms with E-state index in [1.54, 1.807) is 24.3 Å². The molecule has 0 fully saturated rings. The third kappa shape index (κ3) is 3.31. The molecule has 2 heteroatoms. The first-order valence-corrected chi connectivity index (χ1v) is 5.40. The van der Waals surface area contributed by atoms with E-state index in [0.29, 0.717) is 5.75 Å². The first-order chi connectivity index (χ1) is 8.36. The van der Waals surface area contributed by atoms with Gasteiger partial charge in [0.1, 0.15) is 5.75 Å². The molecule has 0 radical (unpaired) electrons. The molecule has 1 N–H and O–H groups in total. The van der Waals surface area contributed by atoms with Crippen LogP contribution < -0.4 is 0 Å². The normalized spacial score (nSPS) is 9.41. The van der Waals surface area contributed by atoms with Crippen LogP contribution in [0.15, 0.2) is 72.9 Å². The number of pyridine rings is 1. The lowest BCUT2D eigenvalue weighted by atomic mass is 10.2. The summed E-state index contributed by atoms with van der Waals surface area (Å²) in [6.07, 6.45) is 1.81. The lowest BCUT2D eigenvalue weighted by Gasteiger charge is -1.91. The molecular weight excluding hydrogens is 210 g/mol. The molecule has 0 saturated heterocycles. The Morgan fingerprint density at radius 3 is 2.00 bits per heavy atom. The van der Waals surface area contributed by atoms with E-state index >= 15 is 0 Å². The maximum atomic E-state index is 8.63. The van der Waals surface area contributed by atoms with Gasteiger partial charge in [0.25, 0.3) is 0 Å². The van der Waals surface area contributed by atoms with E-state index in [9.17, 15) is 0 Å². The van der Waals surface area contributed by atoms with E-state index < -0.39 is 0 Å². The summed E-state index contributed by atoms with van der Waals surface area (Å²) in [5, 5.41) is 9.83. The van der Waals surface area contributed by atoms with Gasteiger partial charge >= 0.3 is 0 Å². The molecule has 2 nitrogen and oxygen atoms in total. The van der Waals surface area contributed by atoms with Crippen molar-refractivity contribution in [1.82, 2.24) is 4.98 Å². The molecule has 0 bridgehead atoms. The van der Waals surface area contributed by atoms with Gasteiger partial charge in [-0.15, -0.1) is 0 Å². The van der Waals surface area contributed by atoms with Crippen molar-refractivity contribution >= 4 is 10.9 Å². The van der Waals surface area contributed by atoms with Gasteiger partial charge in [0.05, 0.1) is 5.52 Å². The molecule has 0 amide bonds. The molecule has 0 aliphatic rings. The molecule has 0 aliphatic carbocycles. The molecule has 17 heavy (non-hydrogen) atoms. The Bertz CT molecular complexity index is 513. The molecule has 84 valence electrons. The Kier molecular flexibility index (Phi) is 3.71. The summed E-state index contributed by atoms with van der Waals surface area (Å²) < 4.78 is 0.